The van der Waals surface area contributed by atoms with Gasteiger partial charge in [0.2, 0.25) is 5.91 Å². The Bertz CT molecular complexity index is 1280. The highest BCUT2D eigenvalue weighted by Crippen LogP contribution is 2.34. The van der Waals surface area contributed by atoms with E-state index < -0.39 is 0 Å². The molecule has 5 nitrogen and oxygen atoms in total. The van der Waals surface area contributed by atoms with Crippen LogP contribution in [0.4, 0.5) is 0 Å². The topological polar surface area (TPSA) is 51.5 Å². The van der Waals surface area contributed by atoms with Gasteiger partial charge in [-0.1, -0.05) is 36.4 Å². The lowest BCUT2D eigenvalue weighted by atomic mass is 10.0. The number of ether oxygens (including phenoxy) is 1. The van der Waals surface area contributed by atoms with Crippen molar-refractivity contribution in [2.24, 2.45) is 0 Å². The molecule has 1 atom stereocenters. The minimum Gasteiger partial charge on any atom is -0.497 e. The van der Waals surface area contributed by atoms with Crippen LogP contribution in [0, 0.1) is 0 Å². The molecule has 0 radical (unpaired) electrons. The van der Waals surface area contributed by atoms with Gasteiger partial charge in [-0.05, 0) is 54.8 Å². The molecule has 2 heterocycles. The normalized spacial score (nSPS) is 16.2. The van der Waals surface area contributed by atoms with E-state index in [2.05, 4.69) is 6.07 Å². The van der Waals surface area contributed by atoms with Crippen LogP contribution in [0.15, 0.2) is 77.6 Å². The Morgan fingerprint density at radius 3 is 2.32 bits per heavy atom. The lowest BCUT2D eigenvalue weighted by molar-refractivity contribution is -0.132. The zero-order valence-electron chi connectivity index (χ0n) is 17.5. The smallest absolute Gasteiger partial charge is 0.243 e. The molecular weight excluding hydrogens is 388 g/mol. The largest absolute Gasteiger partial charge is 0.497 e. The molecule has 5 rings (SSSR count). The third kappa shape index (κ3) is 3.36. The predicted octanol–water partition coefficient (Wildman–Crippen LogP) is 4.53. The van der Waals surface area contributed by atoms with Gasteiger partial charge in [0.15, 0.2) is 5.43 Å². The second-order valence-corrected chi connectivity index (χ2v) is 7.97. The first-order valence-electron chi connectivity index (χ1n) is 10.6. The van der Waals surface area contributed by atoms with E-state index in [-0.39, 0.29) is 23.9 Å². The van der Waals surface area contributed by atoms with Crippen LogP contribution < -0.4 is 10.2 Å². The Balaban J connectivity index is 1.55. The van der Waals surface area contributed by atoms with Crippen molar-refractivity contribution in [3.8, 4) is 5.75 Å². The van der Waals surface area contributed by atoms with Gasteiger partial charge in [0.05, 0.1) is 24.2 Å². The lowest BCUT2D eigenvalue weighted by Gasteiger charge is -2.26. The molecule has 1 aliphatic rings. The van der Waals surface area contributed by atoms with Gasteiger partial charge in [-0.15, -0.1) is 0 Å². The van der Waals surface area contributed by atoms with Gasteiger partial charge in [0.1, 0.15) is 12.3 Å². The highest BCUT2D eigenvalue weighted by atomic mass is 16.5. The molecule has 5 heteroatoms. The summed E-state index contributed by atoms with van der Waals surface area (Å²) < 4.78 is 7.36. The second kappa shape index (κ2) is 7.91. The Morgan fingerprint density at radius 2 is 1.65 bits per heavy atom. The van der Waals surface area contributed by atoms with Crippen molar-refractivity contribution >= 4 is 27.7 Å². The van der Waals surface area contributed by atoms with Gasteiger partial charge >= 0.3 is 0 Å². The maximum atomic E-state index is 13.5. The van der Waals surface area contributed by atoms with Crippen molar-refractivity contribution in [2.45, 2.75) is 25.4 Å². The minimum atomic E-state index is 0.00493. The van der Waals surface area contributed by atoms with Gasteiger partial charge < -0.3 is 14.2 Å². The number of benzene rings is 3. The van der Waals surface area contributed by atoms with Crippen LogP contribution in [-0.4, -0.2) is 29.0 Å². The summed E-state index contributed by atoms with van der Waals surface area (Å²) in [6, 6.07) is 23.1. The van der Waals surface area contributed by atoms with Gasteiger partial charge in [0, 0.05) is 17.3 Å². The van der Waals surface area contributed by atoms with E-state index in [4.69, 9.17) is 4.74 Å². The molecule has 0 N–H and O–H groups in total. The van der Waals surface area contributed by atoms with Crippen LogP contribution in [0.5, 0.6) is 5.75 Å². The van der Waals surface area contributed by atoms with E-state index in [0.717, 1.165) is 41.7 Å². The van der Waals surface area contributed by atoms with Gasteiger partial charge in [0.25, 0.3) is 0 Å². The molecule has 1 unspecified atom stereocenters. The van der Waals surface area contributed by atoms with E-state index in [1.807, 2.05) is 76.2 Å². The van der Waals surface area contributed by atoms with E-state index in [1.54, 1.807) is 7.11 Å². The van der Waals surface area contributed by atoms with Crippen LogP contribution in [0.25, 0.3) is 21.8 Å². The number of methoxy groups -OCH3 is 1. The number of amides is 1. The molecule has 1 aromatic heterocycles. The maximum absolute atomic E-state index is 13.5. The summed E-state index contributed by atoms with van der Waals surface area (Å²) in [4.78, 5) is 28.4. The predicted molar refractivity (Wildman–Crippen MR) is 122 cm³/mol. The number of carbonyl (C=O) groups excluding carboxylic acids is 1. The van der Waals surface area contributed by atoms with Crippen LogP contribution >= 0.6 is 0 Å². The Kier molecular flexibility index (Phi) is 4.94. The van der Waals surface area contributed by atoms with E-state index in [0.29, 0.717) is 10.8 Å². The fraction of sp³-hybridized carbons (Fsp3) is 0.231. The molecule has 0 bridgehead atoms. The van der Waals surface area contributed by atoms with Crippen molar-refractivity contribution in [3.63, 3.8) is 0 Å². The van der Waals surface area contributed by atoms with Crippen molar-refractivity contribution in [2.75, 3.05) is 13.7 Å². The standard InChI is InChI=1S/C26H24N2O3/c1-31-19-9-6-8-18(16-19)22-14-7-15-27(22)25(29)17-28-23-12-4-2-10-20(23)26(30)21-11-3-5-13-24(21)28/h2-6,8-13,16,22H,7,14-15,17H2,1H3. The van der Waals surface area contributed by atoms with E-state index in [9.17, 15) is 9.59 Å². The van der Waals surface area contributed by atoms with Crippen molar-refractivity contribution in [1.82, 2.24) is 9.47 Å². The number of aromatic nitrogens is 1. The molecule has 156 valence electrons. The number of likely N-dealkylation sites (tertiary alicyclic amines) is 1. The summed E-state index contributed by atoms with van der Waals surface area (Å²) in [7, 11) is 1.66. The quantitative estimate of drug-likeness (QED) is 0.463. The van der Waals surface area contributed by atoms with E-state index >= 15 is 0 Å². The number of pyridine rings is 1. The minimum absolute atomic E-state index is 0.00493. The highest BCUT2D eigenvalue weighted by Gasteiger charge is 2.30. The molecule has 1 fully saturated rings. The first kappa shape index (κ1) is 19.4. The summed E-state index contributed by atoms with van der Waals surface area (Å²) in [5.41, 5.74) is 2.68. The molecule has 31 heavy (non-hydrogen) atoms. The first-order chi connectivity index (χ1) is 15.2. The first-order valence-corrected chi connectivity index (χ1v) is 10.6. The molecule has 1 aliphatic heterocycles. The number of rotatable bonds is 4. The average Bonchev–Trinajstić information content (AvgIpc) is 3.32. The van der Waals surface area contributed by atoms with Crippen molar-refractivity contribution < 1.29 is 9.53 Å². The zero-order valence-corrected chi connectivity index (χ0v) is 17.5. The van der Waals surface area contributed by atoms with Crippen molar-refractivity contribution in [3.05, 3.63) is 88.6 Å². The van der Waals surface area contributed by atoms with E-state index in [1.165, 1.54) is 0 Å². The monoisotopic (exact) mass is 412 g/mol. The third-order valence-corrected chi connectivity index (χ3v) is 6.22. The number of hydrogen-bond donors (Lipinski definition) is 0. The Hall–Kier alpha value is -3.60. The highest BCUT2D eigenvalue weighted by molar-refractivity contribution is 5.94. The Labute approximate surface area is 180 Å². The fourth-order valence-electron chi connectivity index (χ4n) is 4.73. The maximum Gasteiger partial charge on any atom is 0.243 e. The second-order valence-electron chi connectivity index (χ2n) is 7.97. The molecular formula is C26H24N2O3. The third-order valence-electron chi connectivity index (χ3n) is 6.22. The molecule has 0 aliphatic carbocycles. The van der Waals surface area contributed by atoms with Gasteiger partial charge in [-0.25, -0.2) is 0 Å². The SMILES string of the molecule is COc1cccc(C2CCCN2C(=O)Cn2c3ccccc3c(=O)c3ccccc32)c1. The summed E-state index contributed by atoms with van der Waals surface area (Å²) >= 11 is 0. The molecule has 3 aromatic carbocycles. The van der Waals surface area contributed by atoms with Crippen LogP contribution in [0.1, 0.15) is 24.4 Å². The molecule has 0 spiro atoms. The molecule has 4 aromatic rings. The number of carbonyl (C=O) groups is 1. The summed E-state index contributed by atoms with van der Waals surface area (Å²) in [6.07, 6.45) is 1.91. The van der Waals surface area contributed by atoms with Crippen molar-refractivity contribution in [1.29, 1.82) is 0 Å². The summed E-state index contributed by atoms with van der Waals surface area (Å²) in [6.45, 7) is 0.929. The molecule has 0 saturated carbocycles. The van der Waals surface area contributed by atoms with Crippen LogP contribution in [-0.2, 0) is 11.3 Å². The zero-order chi connectivity index (χ0) is 21.4. The Morgan fingerprint density at radius 1 is 0.968 bits per heavy atom. The number of nitrogens with zero attached hydrogens (tertiary/aromatic N) is 2. The lowest BCUT2D eigenvalue weighted by Crippen LogP contribution is -2.34. The number of hydrogen-bond acceptors (Lipinski definition) is 3. The van der Waals surface area contributed by atoms with Crippen LogP contribution in [0.3, 0.4) is 0 Å². The summed E-state index contributed by atoms with van der Waals surface area (Å²) in [5, 5.41) is 1.28. The number of fused-ring (bicyclic) bond motifs is 2. The molecule has 1 amide bonds. The van der Waals surface area contributed by atoms with Gasteiger partial charge in [-0.2, -0.15) is 0 Å². The fourth-order valence-corrected chi connectivity index (χ4v) is 4.73. The summed E-state index contributed by atoms with van der Waals surface area (Å²) in [5.74, 6) is 0.860. The average molecular weight is 412 g/mol. The van der Waals surface area contributed by atoms with Crippen LogP contribution in [0.2, 0.25) is 0 Å². The molecule has 1 saturated heterocycles. The number of para-hydroxylation sites is 2. The van der Waals surface area contributed by atoms with Gasteiger partial charge in [-0.3, -0.25) is 9.59 Å².